The van der Waals surface area contributed by atoms with Crippen molar-refractivity contribution in [2.24, 2.45) is 0 Å². The van der Waals surface area contributed by atoms with E-state index in [2.05, 4.69) is 66.0 Å². The minimum atomic E-state index is -0.600. The maximum atomic E-state index is 13.2. The molecule has 3 aromatic rings. The van der Waals surface area contributed by atoms with Gasteiger partial charge < -0.3 is 5.32 Å². The van der Waals surface area contributed by atoms with Crippen LogP contribution in [0.5, 0.6) is 0 Å². The molecule has 1 N–H and O–H groups in total. The molecule has 0 saturated heterocycles. The maximum Gasteiger partial charge on any atom is 0.234 e. The van der Waals surface area contributed by atoms with E-state index in [9.17, 15) is 4.79 Å². The topological polar surface area (TPSA) is 29.1 Å². The fraction of sp³-hybridized carbons (Fsp3) is 0.208. The minimum Gasteiger partial charge on any atom is -0.358 e. The van der Waals surface area contributed by atoms with Gasteiger partial charge in [0.1, 0.15) is 5.41 Å². The molecule has 1 aliphatic rings. The lowest BCUT2D eigenvalue weighted by molar-refractivity contribution is -0.125. The second kappa shape index (κ2) is 6.80. The lowest BCUT2D eigenvalue weighted by Crippen LogP contribution is -2.42. The van der Waals surface area contributed by atoms with E-state index in [-0.39, 0.29) is 5.91 Å². The number of aryl methyl sites for hydroxylation is 1. The van der Waals surface area contributed by atoms with Gasteiger partial charge in [0.25, 0.3) is 0 Å². The number of carbonyl (C=O) groups is 1. The van der Waals surface area contributed by atoms with E-state index in [0.29, 0.717) is 0 Å². The largest absolute Gasteiger partial charge is 0.358 e. The highest BCUT2D eigenvalue weighted by atomic mass is 16.2. The molecular weight excluding hydrogens is 318 g/mol. The van der Waals surface area contributed by atoms with E-state index >= 15 is 0 Å². The first-order chi connectivity index (χ1) is 12.8. The third-order valence-electron chi connectivity index (χ3n) is 5.54. The van der Waals surface area contributed by atoms with Crippen LogP contribution in [0.4, 0.5) is 0 Å². The highest BCUT2D eigenvalue weighted by Crippen LogP contribution is 2.51. The van der Waals surface area contributed by atoms with Gasteiger partial charge in [-0.25, -0.2) is 0 Å². The van der Waals surface area contributed by atoms with Gasteiger partial charge in [-0.05, 0) is 47.1 Å². The molecular formula is C24H23NO. The second-order valence-electron chi connectivity index (χ2n) is 6.91. The van der Waals surface area contributed by atoms with Gasteiger partial charge in [0.15, 0.2) is 0 Å². The summed E-state index contributed by atoms with van der Waals surface area (Å²) in [5.74, 6) is 0.0861. The Bertz CT molecular complexity index is 884. The summed E-state index contributed by atoms with van der Waals surface area (Å²) in [6.07, 6.45) is 2.74. The number of rotatable bonds is 5. The molecule has 1 aliphatic carbocycles. The Morgan fingerprint density at radius 3 is 1.92 bits per heavy atom. The Morgan fingerprint density at radius 1 is 0.808 bits per heavy atom. The standard InChI is InChI=1S/C24H23NO/c1-25-23(26)24(17-9-12-18-10-3-2-4-11-18)21-15-7-5-13-19(21)20-14-6-8-16-22(20)24/h2-8,10-11,13-16H,9,12,17H2,1H3,(H,25,26). The van der Waals surface area contributed by atoms with Gasteiger partial charge in [-0.3, -0.25) is 4.79 Å². The number of hydrogen-bond donors (Lipinski definition) is 1. The van der Waals surface area contributed by atoms with E-state index in [4.69, 9.17) is 0 Å². The zero-order chi connectivity index (χ0) is 18.0. The van der Waals surface area contributed by atoms with Gasteiger partial charge in [-0.15, -0.1) is 0 Å². The summed E-state index contributed by atoms with van der Waals surface area (Å²) >= 11 is 0. The molecule has 130 valence electrons. The van der Waals surface area contributed by atoms with Crippen molar-refractivity contribution >= 4 is 5.91 Å². The predicted molar refractivity (Wildman–Crippen MR) is 106 cm³/mol. The number of amides is 1. The van der Waals surface area contributed by atoms with Crippen molar-refractivity contribution in [1.82, 2.24) is 5.32 Å². The van der Waals surface area contributed by atoms with Gasteiger partial charge in [0, 0.05) is 7.05 Å². The molecule has 2 nitrogen and oxygen atoms in total. The molecule has 26 heavy (non-hydrogen) atoms. The molecule has 0 heterocycles. The van der Waals surface area contributed by atoms with Crippen molar-refractivity contribution < 1.29 is 4.79 Å². The molecule has 0 aliphatic heterocycles. The molecule has 0 bridgehead atoms. The summed E-state index contributed by atoms with van der Waals surface area (Å²) in [4.78, 5) is 13.2. The summed E-state index contributed by atoms with van der Waals surface area (Å²) in [7, 11) is 1.74. The first-order valence-corrected chi connectivity index (χ1v) is 9.23. The van der Waals surface area contributed by atoms with E-state index in [1.807, 2.05) is 18.2 Å². The average molecular weight is 341 g/mol. The molecule has 0 fully saturated rings. The summed E-state index contributed by atoms with van der Waals surface area (Å²) in [6.45, 7) is 0. The van der Waals surface area contributed by atoms with Gasteiger partial charge in [0.2, 0.25) is 5.91 Å². The molecule has 4 rings (SSSR count). The zero-order valence-electron chi connectivity index (χ0n) is 15.0. The van der Waals surface area contributed by atoms with Crippen molar-refractivity contribution in [2.45, 2.75) is 24.7 Å². The van der Waals surface area contributed by atoms with E-state index in [0.717, 1.165) is 30.4 Å². The Balaban J connectivity index is 1.76. The zero-order valence-corrected chi connectivity index (χ0v) is 15.0. The van der Waals surface area contributed by atoms with Crippen LogP contribution in [0.2, 0.25) is 0 Å². The Hall–Kier alpha value is -2.87. The monoisotopic (exact) mass is 341 g/mol. The van der Waals surface area contributed by atoms with Crippen molar-refractivity contribution in [3.05, 3.63) is 95.6 Å². The summed E-state index contributed by atoms with van der Waals surface area (Å²) in [5.41, 5.74) is 5.36. The van der Waals surface area contributed by atoms with Gasteiger partial charge in [-0.1, -0.05) is 78.9 Å². The summed E-state index contributed by atoms with van der Waals surface area (Å²) in [5, 5.41) is 2.94. The molecule has 0 radical (unpaired) electrons. The molecule has 3 aromatic carbocycles. The number of carbonyl (C=O) groups excluding carboxylic acids is 1. The van der Waals surface area contributed by atoms with Gasteiger partial charge in [-0.2, -0.15) is 0 Å². The SMILES string of the molecule is CNC(=O)C1(CCCc2ccccc2)c2ccccc2-c2ccccc21. The lowest BCUT2D eigenvalue weighted by Gasteiger charge is -2.30. The molecule has 0 spiro atoms. The molecule has 0 unspecified atom stereocenters. The first-order valence-electron chi connectivity index (χ1n) is 9.23. The highest BCUT2D eigenvalue weighted by molar-refractivity contribution is 6.00. The first kappa shape index (κ1) is 16.6. The van der Waals surface area contributed by atoms with Crippen LogP contribution in [0.3, 0.4) is 0 Å². The summed E-state index contributed by atoms with van der Waals surface area (Å²) in [6, 6.07) is 27.2. The normalized spacial score (nSPS) is 13.7. The number of nitrogens with one attached hydrogen (secondary N) is 1. The maximum absolute atomic E-state index is 13.2. The molecule has 1 amide bonds. The second-order valence-corrected chi connectivity index (χ2v) is 6.91. The number of benzene rings is 3. The quantitative estimate of drug-likeness (QED) is 0.715. The van der Waals surface area contributed by atoms with Gasteiger partial charge in [0.05, 0.1) is 0 Å². The Kier molecular flexibility index (Phi) is 4.34. The Labute approximate surface area is 154 Å². The van der Waals surface area contributed by atoms with E-state index in [1.54, 1.807) is 7.05 Å². The van der Waals surface area contributed by atoms with Crippen molar-refractivity contribution in [2.75, 3.05) is 7.05 Å². The average Bonchev–Trinajstić information content (AvgIpc) is 3.00. The lowest BCUT2D eigenvalue weighted by atomic mass is 9.73. The van der Waals surface area contributed by atoms with Crippen LogP contribution in [-0.4, -0.2) is 13.0 Å². The number of likely N-dealkylation sites (N-methyl/N-ethyl adjacent to an activating group) is 1. The van der Waals surface area contributed by atoms with Crippen LogP contribution in [0, 0.1) is 0 Å². The van der Waals surface area contributed by atoms with Gasteiger partial charge >= 0.3 is 0 Å². The minimum absolute atomic E-state index is 0.0861. The Morgan fingerprint density at radius 2 is 1.35 bits per heavy atom. The van der Waals surface area contributed by atoms with Crippen LogP contribution >= 0.6 is 0 Å². The molecule has 2 heteroatoms. The molecule has 0 aromatic heterocycles. The number of fused-ring (bicyclic) bond motifs is 3. The number of hydrogen-bond acceptors (Lipinski definition) is 1. The van der Waals surface area contributed by atoms with Crippen LogP contribution < -0.4 is 5.32 Å². The van der Waals surface area contributed by atoms with Crippen LogP contribution in [0.25, 0.3) is 11.1 Å². The smallest absolute Gasteiger partial charge is 0.234 e. The van der Waals surface area contributed by atoms with Crippen LogP contribution in [0.15, 0.2) is 78.9 Å². The molecule has 0 saturated carbocycles. The highest BCUT2D eigenvalue weighted by Gasteiger charge is 2.47. The van der Waals surface area contributed by atoms with Crippen molar-refractivity contribution in [3.8, 4) is 11.1 Å². The third-order valence-corrected chi connectivity index (χ3v) is 5.54. The van der Waals surface area contributed by atoms with E-state index < -0.39 is 5.41 Å². The van der Waals surface area contributed by atoms with Crippen LogP contribution in [-0.2, 0) is 16.6 Å². The molecule has 0 atom stereocenters. The fourth-order valence-electron chi connectivity index (χ4n) is 4.37. The van der Waals surface area contributed by atoms with Crippen LogP contribution in [0.1, 0.15) is 29.5 Å². The van der Waals surface area contributed by atoms with Crippen molar-refractivity contribution in [1.29, 1.82) is 0 Å². The van der Waals surface area contributed by atoms with Crippen molar-refractivity contribution in [3.63, 3.8) is 0 Å². The summed E-state index contributed by atoms with van der Waals surface area (Å²) < 4.78 is 0. The predicted octanol–water partition coefficient (Wildman–Crippen LogP) is 4.72. The van der Waals surface area contributed by atoms with E-state index in [1.165, 1.54) is 16.7 Å². The fourth-order valence-corrected chi connectivity index (χ4v) is 4.37. The third kappa shape index (κ3) is 2.53.